The van der Waals surface area contributed by atoms with Crippen LogP contribution in [0.15, 0.2) is 84.9 Å². The summed E-state index contributed by atoms with van der Waals surface area (Å²) in [5.74, 6) is 0. The van der Waals surface area contributed by atoms with E-state index in [0.717, 1.165) is 0 Å². The molecule has 1 aromatic heterocycles. The van der Waals surface area contributed by atoms with Crippen molar-refractivity contribution in [2.75, 3.05) is 0 Å². The molecule has 0 saturated heterocycles. The molecule has 0 spiro atoms. The number of aryl methyl sites for hydroxylation is 2. The van der Waals surface area contributed by atoms with Gasteiger partial charge in [0.25, 0.3) is 0 Å². The molecular formula is C26H20S. The van der Waals surface area contributed by atoms with Crippen molar-refractivity contribution < 1.29 is 0 Å². The second-order valence-corrected chi connectivity index (χ2v) is 8.20. The van der Waals surface area contributed by atoms with Crippen molar-refractivity contribution in [1.29, 1.82) is 0 Å². The molecule has 0 fully saturated rings. The van der Waals surface area contributed by atoms with Crippen LogP contribution in [-0.2, 0) is 0 Å². The van der Waals surface area contributed by atoms with Gasteiger partial charge in [-0.1, -0.05) is 72.8 Å². The van der Waals surface area contributed by atoms with Crippen LogP contribution in [0.25, 0.3) is 42.4 Å². The molecule has 0 nitrogen and oxygen atoms in total. The van der Waals surface area contributed by atoms with Gasteiger partial charge in [-0.15, -0.1) is 11.3 Å². The van der Waals surface area contributed by atoms with Gasteiger partial charge in [-0.05, 0) is 69.8 Å². The van der Waals surface area contributed by atoms with Crippen molar-refractivity contribution >= 4 is 32.9 Å². The Kier molecular flexibility index (Phi) is 3.84. The van der Waals surface area contributed by atoms with E-state index >= 15 is 0 Å². The van der Waals surface area contributed by atoms with Crippen LogP contribution in [-0.4, -0.2) is 0 Å². The highest BCUT2D eigenvalue weighted by atomic mass is 32.1. The van der Waals surface area contributed by atoms with Gasteiger partial charge in [0.05, 0.1) is 0 Å². The zero-order valence-electron chi connectivity index (χ0n) is 15.5. The number of hydrogen-bond acceptors (Lipinski definition) is 1. The lowest BCUT2D eigenvalue weighted by Crippen LogP contribution is -1.82. The molecule has 0 bridgehead atoms. The Morgan fingerprint density at radius 3 is 1.30 bits per heavy atom. The number of hydrogen-bond donors (Lipinski definition) is 0. The van der Waals surface area contributed by atoms with Crippen molar-refractivity contribution in [3.8, 4) is 20.9 Å². The summed E-state index contributed by atoms with van der Waals surface area (Å²) < 4.78 is 0. The Balaban J connectivity index is 1.69. The molecule has 0 unspecified atom stereocenters. The van der Waals surface area contributed by atoms with Crippen LogP contribution in [0.1, 0.15) is 11.1 Å². The molecule has 4 aromatic carbocycles. The van der Waals surface area contributed by atoms with Crippen molar-refractivity contribution in [1.82, 2.24) is 0 Å². The number of rotatable bonds is 2. The average Bonchev–Trinajstić information content (AvgIpc) is 3.19. The highest BCUT2D eigenvalue weighted by Gasteiger charge is 2.11. The lowest BCUT2D eigenvalue weighted by Gasteiger charge is -2.08. The van der Waals surface area contributed by atoms with Crippen LogP contribution in [0.2, 0.25) is 0 Å². The smallest absolute Gasteiger partial charge is 0.0355 e. The molecule has 1 heteroatoms. The van der Waals surface area contributed by atoms with Gasteiger partial charge >= 0.3 is 0 Å². The molecule has 27 heavy (non-hydrogen) atoms. The first-order valence-electron chi connectivity index (χ1n) is 9.29. The predicted octanol–water partition coefficient (Wildman–Crippen LogP) is 8.01. The molecule has 0 aliphatic carbocycles. The second-order valence-electron chi connectivity index (χ2n) is 7.12. The van der Waals surface area contributed by atoms with Gasteiger partial charge in [0.15, 0.2) is 0 Å². The first kappa shape index (κ1) is 16.3. The summed E-state index contributed by atoms with van der Waals surface area (Å²) in [5, 5.41) is 5.34. The first-order chi connectivity index (χ1) is 13.2. The lowest BCUT2D eigenvalue weighted by molar-refractivity contribution is 1.53. The Morgan fingerprint density at radius 1 is 0.444 bits per heavy atom. The fourth-order valence-electron chi connectivity index (χ4n) is 3.96. The SMILES string of the molecule is Cc1ccc(-c2ccc(-c3ccc(C)c4ccccc34)s2)c2ccccc12. The van der Waals surface area contributed by atoms with E-state index in [1.807, 2.05) is 11.3 Å². The quantitative estimate of drug-likeness (QED) is 0.297. The third-order valence-electron chi connectivity index (χ3n) is 5.42. The van der Waals surface area contributed by atoms with Crippen LogP contribution >= 0.6 is 11.3 Å². The zero-order valence-corrected chi connectivity index (χ0v) is 16.3. The van der Waals surface area contributed by atoms with Crippen LogP contribution in [0.4, 0.5) is 0 Å². The first-order valence-corrected chi connectivity index (χ1v) is 10.1. The minimum absolute atomic E-state index is 1.32. The molecule has 1 heterocycles. The highest BCUT2D eigenvalue weighted by molar-refractivity contribution is 7.19. The summed E-state index contributed by atoms with van der Waals surface area (Å²) in [5.41, 5.74) is 5.30. The molecule has 0 amide bonds. The predicted molar refractivity (Wildman–Crippen MR) is 120 cm³/mol. The normalized spacial score (nSPS) is 11.3. The summed E-state index contributed by atoms with van der Waals surface area (Å²) in [6.45, 7) is 4.37. The minimum atomic E-state index is 1.32. The van der Waals surface area contributed by atoms with Crippen molar-refractivity contribution in [3.05, 3.63) is 96.1 Å². The van der Waals surface area contributed by atoms with Crippen molar-refractivity contribution in [3.63, 3.8) is 0 Å². The van der Waals surface area contributed by atoms with Gasteiger partial charge in [-0.3, -0.25) is 0 Å². The van der Waals surface area contributed by atoms with E-state index in [-0.39, 0.29) is 0 Å². The van der Waals surface area contributed by atoms with Crippen molar-refractivity contribution in [2.24, 2.45) is 0 Å². The van der Waals surface area contributed by atoms with E-state index in [2.05, 4.69) is 98.8 Å². The van der Waals surface area contributed by atoms with Gasteiger partial charge < -0.3 is 0 Å². The summed E-state index contributed by atoms with van der Waals surface area (Å²) >= 11 is 1.88. The maximum atomic E-state index is 2.27. The topological polar surface area (TPSA) is 0 Å². The van der Waals surface area contributed by atoms with E-state index in [1.54, 1.807) is 0 Å². The fraction of sp³-hybridized carbons (Fsp3) is 0.0769. The summed E-state index contributed by atoms with van der Waals surface area (Å²) in [7, 11) is 0. The molecule has 5 rings (SSSR count). The Labute approximate surface area is 163 Å². The average molecular weight is 365 g/mol. The standard InChI is InChI=1S/C26H20S/c1-17-11-13-23(21-9-5-3-7-19(17)21)25-15-16-26(27-25)24-14-12-18(2)20-8-4-6-10-22(20)24/h3-16H,1-2H3. The number of fused-ring (bicyclic) bond motifs is 2. The summed E-state index contributed by atoms with van der Waals surface area (Å²) in [6, 6.07) is 31.0. The molecule has 5 aromatic rings. The van der Waals surface area contributed by atoms with Gasteiger partial charge in [-0.2, -0.15) is 0 Å². The van der Waals surface area contributed by atoms with E-state index in [9.17, 15) is 0 Å². The Bertz CT molecular complexity index is 1190. The Morgan fingerprint density at radius 2 is 0.852 bits per heavy atom. The van der Waals surface area contributed by atoms with E-state index < -0.39 is 0 Å². The van der Waals surface area contributed by atoms with Crippen LogP contribution in [0, 0.1) is 13.8 Å². The molecule has 130 valence electrons. The second kappa shape index (κ2) is 6.37. The van der Waals surface area contributed by atoms with Gasteiger partial charge in [0.2, 0.25) is 0 Å². The molecule has 0 atom stereocenters. The van der Waals surface area contributed by atoms with Gasteiger partial charge in [-0.25, -0.2) is 0 Å². The molecule has 0 N–H and O–H groups in total. The van der Waals surface area contributed by atoms with E-state index in [1.165, 1.54) is 53.6 Å². The molecule has 0 aliphatic rings. The van der Waals surface area contributed by atoms with Crippen molar-refractivity contribution in [2.45, 2.75) is 13.8 Å². The van der Waals surface area contributed by atoms with Crippen LogP contribution < -0.4 is 0 Å². The maximum absolute atomic E-state index is 2.27. The molecule has 0 aliphatic heterocycles. The number of thiophene rings is 1. The fourth-order valence-corrected chi connectivity index (χ4v) is 5.04. The van der Waals surface area contributed by atoms with E-state index in [0.29, 0.717) is 0 Å². The molecular weight excluding hydrogens is 344 g/mol. The summed E-state index contributed by atoms with van der Waals surface area (Å²) in [4.78, 5) is 2.65. The molecule has 0 saturated carbocycles. The van der Waals surface area contributed by atoms with Gasteiger partial charge in [0.1, 0.15) is 0 Å². The largest absolute Gasteiger partial charge is 0.135 e. The molecule has 0 radical (unpaired) electrons. The minimum Gasteiger partial charge on any atom is -0.135 e. The van der Waals surface area contributed by atoms with Gasteiger partial charge in [0, 0.05) is 9.75 Å². The zero-order chi connectivity index (χ0) is 18.4. The maximum Gasteiger partial charge on any atom is 0.0355 e. The lowest BCUT2D eigenvalue weighted by atomic mass is 9.99. The highest BCUT2D eigenvalue weighted by Crippen LogP contribution is 2.40. The number of benzene rings is 4. The Hall–Kier alpha value is -2.90. The third-order valence-corrected chi connectivity index (χ3v) is 6.57. The summed E-state index contributed by atoms with van der Waals surface area (Å²) in [6.07, 6.45) is 0. The third kappa shape index (κ3) is 2.67. The monoisotopic (exact) mass is 364 g/mol. The van der Waals surface area contributed by atoms with Crippen LogP contribution in [0.3, 0.4) is 0 Å². The van der Waals surface area contributed by atoms with Crippen LogP contribution in [0.5, 0.6) is 0 Å². The van der Waals surface area contributed by atoms with E-state index in [4.69, 9.17) is 0 Å².